The largest absolute Gasteiger partial charge is 0.457 e. The van der Waals surface area contributed by atoms with Crippen LogP contribution >= 0.6 is 28.1 Å². The van der Waals surface area contributed by atoms with Gasteiger partial charge in [0.25, 0.3) is 0 Å². The van der Waals surface area contributed by atoms with Gasteiger partial charge in [-0.1, -0.05) is 18.3 Å². The summed E-state index contributed by atoms with van der Waals surface area (Å²) in [5.41, 5.74) is 7.33. The molecule has 0 atom stereocenters. The van der Waals surface area contributed by atoms with Gasteiger partial charge in [-0.05, 0) is 58.4 Å². The van der Waals surface area contributed by atoms with E-state index in [0.29, 0.717) is 10.7 Å². The quantitative estimate of drug-likeness (QED) is 0.703. The lowest BCUT2D eigenvalue weighted by molar-refractivity contribution is 0.488. The minimum atomic E-state index is 0.350. The number of aromatic nitrogens is 1. The van der Waals surface area contributed by atoms with Crippen LogP contribution < -0.4 is 10.5 Å². The molecule has 1 heterocycles. The molecule has 0 fully saturated rings. The van der Waals surface area contributed by atoms with Crippen LogP contribution in [-0.2, 0) is 0 Å². The van der Waals surface area contributed by atoms with Crippen LogP contribution in [-0.4, -0.2) is 9.97 Å². The van der Waals surface area contributed by atoms with Crippen molar-refractivity contribution in [2.24, 2.45) is 5.73 Å². The molecule has 0 spiro atoms. The summed E-state index contributed by atoms with van der Waals surface area (Å²) in [5.74, 6) is 1.47. The average Bonchev–Trinajstić information content (AvgIpc) is 2.47. The van der Waals surface area contributed by atoms with Crippen molar-refractivity contribution in [3.8, 4) is 11.5 Å². The molecule has 3 aromatic rings. The summed E-state index contributed by atoms with van der Waals surface area (Å²) >= 11 is 8.44. The molecule has 2 N–H and O–H groups in total. The number of pyridine rings is 1. The predicted octanol–water partition coefficient (Wildman–Crippen LogP) is 4.42. The van der Waals surface area contributed by atoms with Gasteiger partial charge in [0.15, 0.2) is 0 Å². The zero-order chi connectivity index (χ0) is 14.8. The van der Waals surface area contributed by atoms with Crippen molar-refractivity contribution >= 4 is 44.0 Å². The molecule has 0 radical (unpaired) electrons. The van der Waals surface area contributed by atoms with E-state index in [9.17, 15) is 0 Å². The van der Waals surface area contributed by atoms with Crippen LogP contribution in [0.15, 0.2) is 59.2 Å². The average molecular weight is 359 g/mol. The number of thiocarbonyl (C=S) groups is 1. The number of halogens is 1. The van der Waals surface area contributed by atoms with E-state index in [0.717, 1.165) is 26.7 Å². The second-order valence-corrected chi connectivity index (χ2v) is 5.73. The van der Waals surface area contributed by atoms with Crippen molar-refractivity contribution in [3.05, 3.63) is 64.8 Å². The first kappa shape index (κ1) is 14.0. The van der Waals surface area contributed by atoms with E-state index in [1.165, 1.54) is 0 Å². The maximum Gasteiger partial charge on any atom is 0.136 e. The molecule has 0 saturated carbocycles. The molecule has 0 unspecified atom stereocenters. The third-order valence-corrected chi connectivity index (χ3v) is 3.92. The lowest BCUT2D eigenvalue weighted by Gasteiger charge is -2.10. The van der Waals surface area contributed by atoms with Crippen LogP contribution in [0.2, 0.25) is 0 Å². The summed E-state index contributed by atoms with van der Waals surface area (Å²) < 4.78 is 6.76. The van der Waals surface area contributed by atoms with Crippen molar-refractivity contribution in [2.75, 3.05) is 0 Å². The molecule has 5 heteroatoms. The second kappa shape index (κ2) is 5.79. The molecule has 0 amide bonds. The molecule has 0 aliphatic heterocycles. The number of nitrogens with zero attached hydrogens (tertiary/aromatic N) is 1. The highest BCUT2D eigenvalue weighted by Gasteiger charge is 2.07. The van der Waals surface area contributed by atoms with Crippen molar-refractivity contribution in [1.29, 1.82) is 0 Å². The van der Waals surface area contributed by atoms with Crippen molar-refractivity contribution in [2.45, 2.75) is 0 Å². The van der Waals surface area contributed by atoms with Gasteiger partial charge >= 0.3 is 0 Å². The molecule has 0 aliphatic carbocycles. The number of hydrogen-bond donors (Lipinski definition) is 1. The Morgan fingerprint density at radius 2 is 2.00 bits per heavy atom. The van der Waals surface area contributed by atoms with Crippen LogP contribution in [0.4, 0.5) is 0 Å². The van der Waals surface area contributed by atoms with E-state index in [2.05, 4.69) is 20.9 Å². The third kappa shape index (κ3) is 2.89. The van der Waals surface area contributed by atoms with Gasteiger partial charge in [-0.25, -0.2) is 0 Å². The van der Waals surface area contributed by atoms with Crippen molar-refractivity contribution < 1.29 is 4.74 Å². The lowest BCUT2D eigenvalue weighted by Crippen LogP contribution is -2.09. The molecule has 1 aromatic heterocycles. The van der Waals surface area contributed by atoms with Crippen molar-refractivity contribution in [1.82, 2.24) is 4.98 Å². The van der Waals surface area contributed by atoms with Crippen LogP contribution in [0.3, 0.4) is 0 Å². The highest BCUT2D eigenvalue weighted by atomic mass is 79.9. The Labute approximate surface area is 135 Å². The van der Waals surface area contributed by atoms with Crippen LogP contribution in [0.5, 0.6) is 11.5 Å². The fraction of sp³-hybridized carbons (Fsp3) is 0. The Morgan fingerprint density at radius 3 is 2.76 bits per heavy atom. The first-order valence-corrected chi connectivity index (χ1v) is 7.46. The molecule has 3 nitrogen and oxygen atoms in total. The van der Waals surface area contributed by atoms with E-state index in [4.69, 9.17) is 22.7 Å². The zero-order valence-electron chi connectivity index (χ0n) is 10.9. The van der Waals surface area contributed by atoms with Crippen LogP contribution in [0.25, 0.3) is 10.9 Å². The molecule has 21 heavy (non-hydrogen) atoms. The van der Waals surface area contributed by atoms with Gasteiger partial charge in [0.05, 0.1) is 5.52 Å². The number of nitrogens with two attached hydrogens (primary N) is 1. The van der Waals surface area contributed by atoms with Gasteiger partial charge in [0.1, 0.15) is 16.5 Å². The summed E-state index contributed by atoms with van der Waals surface area (Å²) in [6, 6.07) is 15.2. The Kier molecular flexibility index (Phi) is 3.86. The number of ether oxygens (including phenoxy) is 1. The summed E-state index contributed by atoms with van der Waals surface area (Å²) in [6.07, 6.45) is 1.76. The topological polar surface area (TPSA) is 48.1 Å². The third-order valence-electron chi connectivity index (χ3n) is 3.04. The molecular weight excluding hydrogens is 348 g/mol. The van der Waals surface area contributed by atoms with Gasteiger partial charge in [-0.2, -0.15) is 0 Å². The highest BCUT2D eigenvalue weighted by molar-refractivity contribution is 9.10. The first-order valence-electron chi connectivity index (χ1n) is 6.26. The normalized spacial score (nSPS) is 10.5. The Morgan fingerprint density at radius 1 is 1.14 bits per heavy atom. The number of benzene rings is 2. The standard InChI is InChI=1S/C16H11BrN2OS/c17-13-9-10(6-7-11(13)16(18)21)20-15-5-1-4-14-12(15)3-2-8-19-14/h1-9H,(H2,18,21). The predicted molar refractivity (Wildman–Crippen MR) is 91.8 cm³/mol. The number of fused-ring (bicyclic) bond motifs is 1. The van der Waals surface area contributed by atoms with Gasteiger partial charge in [0, 0.05) is 21.6 Å². The molecule has 2 aromatic carbocycles. The lowest BCUT2D eigenvalue weighted by atomic mass is 10.2. The molecular formula is C16H11BrN2OS. The zero-order valence-corrected chi connectivity index (χ0v) is 13.3. The Balaban J connectivity index is 1.99. The Bertz CT molecular complexity index is 830. The maximum absolute atomic E-state index is 5.95. The van der Waals surface area contributed by atoms with E-state index in [-0.39, 0.29) is 0 Å². The minimum absolute atomic E-state index is 0.350. The molecule has 3 rings (SSSR count). The molecule has 0 bridgehead atoms. The summed E-state index contributed by atoms with van der Waals surface area (Å²) in [6.45, 7) is 0. The second-order valence-electron chi connectivity index (χ2n) is 4.43. The van der Waals surface area contributed by atoms with E-state index >= 15 is 0 Å². The smallest absolute Gasteiger partial charge is 0.136 e. The Hall–Kier alpha value is -1.98. The highest BCUT2D eigenvalue weighted by Crippen LogP contribution is 2.31. The number of hydrogen-bond acceptors (Lipinski definition) is 3. The maximum atomic E-state index is 5.95. The van der Waals surface area contributed by atoms with Crippen LogP contribution in [0, 0.1) is 0 Å². The first-order chi connectivity index (χ1) is 10.1. The van der Waals surface area contributed by atoms with Crippen molar-refractivity contribution in [3.63, 3.8) is 0 Å². The fourth-order valence-electron chi connectivity index (χ4n) is 2.05. The number of rotatable bonds is 3. The summed E-state index contributed by atoms with van der Waals surface area (Å²) in [5, 5.41) is 0.967. The summed E-state index contributed by atoms with van der Waals surface area (Å²) in [4.78, 5) is 4.67. The molecule has 0 aliphatic rings. The molecule has 0 saturated heterocycles. The van der Waals surface area contributed by atoms with Gasteiger partial charge < -0.3 is 10.5 Å². The minimum Gasteiger partial charge on any atom is -0.457 e. The van der Waals surface area contributed by atoms with E-state index < -0.39 is 0 Å². The fourth-order valence-corrected chi connectivity index (χ4v) is 2.93. The van der Waals surface area contributed by atoms with Gasteiger partial charge in [-0.15, -0.1) is 0 Å². The van der Waals surface area contributed by atoms with E-state index in [1.54, 1.807) is 6.20 Å². The monoisotopic (exact) mass is 358 g/mol. The van der Waals surface area contributed by atoms with E-state index in [1.807, 2.05) is 48.5 Å². The SMILES string of the molecule is NC(=S)c1ccc(Oc2cccc3ncccc23)cc1Br. The van der Waals surface area contributed by atoms with Gasteiger partial charge in [0.2, 0.25) is 0 Å². The van der Waals surface area contributed by atoms with Gasteiger partial charge in [-0.3, -0.25) is 4.98 Å². The summed E-state index contributed by atoms with van der Waals surface area (Å²) in [7, 11) is 0. The molecule has 104 valence electrons. The van der Waals surface area contributed by atoms with Crippen LogP contribution in [0.1, 0.15) is 5.56 Å².